The van der Waals surface area contributed by atoms with Crippen LogP contribution in [0.3, 0.4) is 0 Å². The zero-order valence-corrected chi connectivity index (χ0v) is 13.6. The fourth-order valence-electron chi connectivity index (χ4n) is 2.84. The first kappa shape index (κ1) is 15.8. The van der Waals surface area contributed by atoms with Crippen molar-refractivity contribution in [3.05, 3.63) is 29.8 Å². The van der Waals surface area contributed by atoms with Crippen LogP contribution in [0.4, 0.5) is 5.69 Å². The normalized spacial score (nSPS) is 21.3. The third-order valence-electron chi connectivity index (χ3n) is 4.35. The van der Waals surface area contributed by atoms with Crippen molar-refractivity contribution in [2.24, 2.45) is 11.8 Å². The van der Waals surface area contributed by atoms with Gasteiger partial charge in [0.05, 0.1) is 5.92 Å². The molecule has 0 radical (unpaired) electrons. The van der Waals surface area contributed by atoms with E-state index in [4.69, 9.17) is 0 Å². The fourth-order valence-corrected chi connectivity index (χ4v) is 2.84. The number of hydrogen-bond acceptors (Lipinski definition) is 3. The fraction of sp³-hybridized carbons (Fsp3) is 0.588. The van der Waals surface area contributed by atoms with Gasteiger partial charge in [-0.1, -0.05) is 19.1 Å². The summed E-state index contributed by atoms with van der Waals surface area (Å²) >= 11 is 0. The highest BCUT2D eigenvalue weighted by Crippen LogP contribution is 2.20. The molecule has 21 heavy (non-hydrogen) atoms. The Morgan fingerprint density at radius 3 is 2.38 bits per heavy atom. The maximum Gasteiger partial charge on any atom is 0.227 e. The van der Waals surface area contributed by atoms with Crippen LogP contribution in [-0.4, -0.2) is 44.5 Å². The maximum atomic E-state index is 12.6. The van der Waals surface area contributed by atoms with Gasteiger partial charge in [0.25, 0.3) is 0 Å². The number of hydrogen-bond donors (Lipinski definition) is 1. The molecule has 4 heteroatoms. The van der Waals surface area contributed by atoms with E-state index in [-0.39, 0.29) is 11.8 Å². The predicted octanol–water partition coefficient (Wildman–Crippen LogP) is 1.96. The van der Waals surface area contributed by atoms with Gasteiger partial charge < -0.3 is 15.1 Å². The molecule has 0 spiro atoms. The predicted molar refractivity (Wildman–Crippen MR) is 87.4 cm³/mol. The topological polar surface area (TPSA) is 35.6 Å². The molecule has 1 amide bonds. The Morgan fingerprint density at radius 2 is 1.90 bits per heavy atom. The van der Waals surface area contributed by atoms with Crippen LogP contribution in [0.25, 0.3) is 0 Å². The number of carbonyl (C=O) groups excluding carboxylic acids is 1. The molecule has 1 aromatic carbocycles. The van der Waals surface area contributed by atoms with E-state index < -0.39 is 0 Å². The molecule has 0 saturated carbocycles. The Balaban J connectivity index is 2.03. The van der Waals surface area contributed by atoms with Gasteiger partial charge in [0.15, 0.2) is 0 Å². The molecule has 1 aromatic rings. The lowest BCUT2D eigenvalue weighted by Gasteiger charge is -2.26. The van der Waals surface area contributed by atoms with E-state index in [0.717, 1.165) is 19.6 Å². The monoisotopic (exact) mass is 289 g/mol. The SMILES string of the molecule is CCN(Cc1ccc(N(C)C)cc1)C(=O)[C@@H]1CNC[C@H]1C. The minimum Gasteiger partial charge on any atom is -0.378 e. The van der Waals surface area contributed by atoms with Gasteiger partial charge in [-0.15, -0.1) is 0 Å². The van der Waals surface area contributed by atoms with Gasteiger partial charge in [0.1, 0.15) is 0 Å². The molecule has 0 aromatic heterocycles. The Kier molecular flexibility index (Phi) is 5.23. The molecule has 0 bridgehead atoms. The van der Waals surface area contributed by atoms with Gasteiger partial charge in [0.2, 0.25) is 5.91 Å². The summed E-state index contributed by atoms with van der Waals surface area (Å²) in [6.07, 6.45) is 0. The lowest BCUT2D eigenvalue weighted by atomic mass is 9.96. The molecule has 0 unspecified atom stereocenters. The van der Waals surface area contributed by atoms with Crippen molar-refractivity contribution in [3.8, 4) is 0 Å². The second-order valence-electron chi connectivity index (χ2n) is 6.16. The van der Waals surface area contributed by atoms with Crippen molar-refractivity contribution in [2.45, 2.75) is 20.4 Å². The summed E-state index contributed by atoms with van der Waals surface area (Å²) in [7, 11) is 4.07. The minimum atomic E-state index is 0.131. The van der Waals surface area contributed by atoms with E-state index in [2.05, 4.69) is 48.3 Å². The van der Waals surface area contributed by atoms with Crippen LogP contribution in [0, 0.1) is 11.8 Å². The molecule has 116 valence electrons. The molecule has 1 aliphatic rings. The van der Waals surface area contributed by atoms with E-state index in [1.807, 2.05) is 19.0 Å². The van der Waals surface area contributed by atoms with Gasteiger partial charge in [-0.05, 0) is 37.1 Å². The summed E-state index contributed by atoms with van der Waals surface area (Å²) in [5.74, 6) is 0.848. The summed E-state index contributed by atoms with van der Waals surface area (Å²) < 4.78 is 0. The molecule has 1 saturated heterocycles. The first-order valence-corrected chi connectivity index (χ1v) is 7.78. The number of anilines is 1. The van der Waals surface area contributed by atoms with Gasteiger partial charge in [-0.2, -0.15) is 0 Å². The summed E-state index contributed by atoms with van der Waals surface area (Å²) in [6, 6.07) is 8.43. The molecule has 4 nitrogen and oxygen atoms in total. The van der Waals surface area contributed by atoms with Crippen molar-refractivity contribution >= 4 is 11.6 Å². The lowest BCUT2D eigenvalue weighted by molar-refractivity contribution is -0.136. The zero-order valence-electron chi connectivity index (χ0n) is 13.6. The molecule has 1 fully saturated rings. The van der Waals surface area contributed by atoms with Crippen molar-refractivity contribution in [3.63, 3.8) is 0 Å². The molecular formula is C17H27N3O. The first-order chi connectivity index (χ1) is 10.0. The van der Waals surface area contributed by atoms with Gasteiger partial charge in [0, 0.05) is 39.4 Å². The number of nitrogens with zero attached hydrogens (tertiary/aromatic N) is 2. The summed E-state index contributed by atoms with van der Waals surface area (Å²) in [6.45, 7) is 7.44. The van der Waals surface area contributed by atoms with Crippen LogP contribution in [0.15, 0.2) is 24.3 Å². The van der Waals surface area contributed by atoms with E-state index in [1.165, 1.54) is 11.3 Å². The second kappa shape index (κ2) is 6.94. The number of amides is 1. The van der Waals surface area contributed by atoms with Crippen molar-refractivity contribution in [1.29, 1.82) is 0 Å². The number of carbonyl (C=O) groups is 1. The summed E-state index contributed by atoms with van der Waals surface area (Å²) in [5, 5.41) is 3.31. The Hall–Kier alpha value is -1.55. The second-order valence-corrected chi connectivity index (χ2v) is 6.16. The highest BCUT2D eigenvalue weighted by molar-refractivity contribution is 5.79. The molecule has 2 atom stereocenters. The minimum absolute atomic E-state index is 0.131. The molecule has 2 rings (SSSR count). The Bertz CT molecular complexity index is 469. The van der Waals surface area contributed by atoms with Crippen LogP contribution in [-0.2, 0) is 11.3 Å². The molecule has 1 aliphatic heterocycles. The summed E-state index contributed by atoms with van der Waals surface area (Å²) in [4.78, 5) is 16.7. The van der Waals surface area contributed by atoms with Crippen LogP contribution in [0.1, 0.15) is 19.4 Å². The van der Waals surface area contributed by atoms with Gasteiger partial charge in [-0.3, -0.25) is 4.79 Å². The van der Waals surface area contributed by atoms with E-state index in [0.29, 0.717) is 12.5 Å². The average molecular weight is 289 g/mol. The molecular weight excluding hydrogens is 262 g/mol. The van der Waals surface area contributed by atoms with Crippen LogP contribution in [0.2, 0.25) is 0 Å². The highest BCUT2D eigenvalue weighted by Gasteiger charge is 2.32. The molecule has 1 N–H and O–H groups in total. The molecule has 1 heterocycles. The lowest BCUT2D eigenvalue weighted by Crippen LogP contribution is -2.38. The molecule has 0 aliphatic carbocycles. The van der Waals surface area contributed by atoms with Gasteiger partial charge in [-0.25, -0.2) is 0 Å². The third kappa shape index (κ3) is 3.76. The van der Waals surface area contributed by atoms with E-state index >= 15 is 0 Å². The van der Waals surface area contributed by atoms with Crippen molar-refractivity contribution in [1.82, 2.24) is 10.2 Å². The number of rotatable bonds is 5. The largest absolute Gasteiger partial charge is 0.378 e. The Morgan fingerprint density at radius 1 is 1.24 bits per heavy atom. The quantitative estimate of drug-likeness (QED) is 0.900. The third-order valence-corrected chi connectivity index (χ3v) is 4.35. The van der Waals surface area contributed by atoms with Crippen LogP contribution in [0.5, 0.6) is 0 Å². The average Bonchev–Trinajstić information content (AvgIpc) is 2.90. The first-order valence-electron chi connectivity index (χ1n) is 7.78. The highest BCUT2D eigenvalue weighted by atomic mass is 16.2. The number of nitrogens with one attached hydrogen (secondary N) is 1. The smallest absolute Gasteiger partial charge is 0.227 e. The zero-order chi connectivity index (χ0) is 15.4. The maximum absolute atomic E-state index is 12.6. The summed E-state index contributed by atoms with van der Waals surface area (Å²) in [5.41, 5.74) is 2.37. The Labute approximate surface area is 128 Å². The van der Waals surface area contributed by atoms with E-state index in [1.54, 1.807) is 0 Å². The standard InChI is InChI=1S/C17H27N3O/c1-5-20(17(21)16-11-18-10-13(16)2)12-14-6-8-15(9-7-14)19(3)4/h6-9,13,16,18H,5,10-12H2,1-4H3/t13-,16-/m1/s1. The van der Waals surface area contributed by atoms with Crippen LogP contribution >= 0.6 is 0 Å². The van der Waals surface area contributed by atoms with Crippen LogP contribution < -0.4 is 10.2 Å². The van der Waals surface area contributed by atoms with E-state index in [9.17, 15) is 4.79 Å². The van der Waals surface area contributed by atoms with Crippen molar-refractivity contribution < 1.29 is 4.79 Å². The van der Waals surface area contributed by atoms with Crippen molar-refractivity contribution in [2.75, 3.05) is 38.6 Å². The van der Waals surface area contributed by atoms with Gasteiger partial charge >= 0.3 is 0 Å². The number of benzene rings is 1.